The van der Waals surface area contributed by atoms with E-state index in [4.69, 9.17) is 21.7 Å². The molecule has 10 rings (SSSR count). The van der Waals surface area contributed by atoms with E-state index in [9.17, 15) is 0 Å². The van der Waals surface area contributed by atoms with E-state index >= 15 is 4.39 Å². The Morgan fingerprint density at radius 1 is 0.742 bits per heavy atom. The van der Waals surface area contributed by atoms with Gasteiger partial charge in [-0.1, -0.05) is 143 Å². The summed E-state index contributed by atoms with van der Waals surface area (Å²) >= 11 is 0. The Bertz CT molecular complexity index is 3690. The molecule has 0 N–H and O–H groups in total. The zero-order chi connectivity index (χ0) is 53.3. The SMILES string of the molecule is C[Si](C)(C)c1ccc(-c2[c-]cccc2)nc1.[2H]C([2H])([2H])c1cc(-c2ccc3c(c2)oc2c(-c4nc5ccc(F)cc5n4-c4c(-c5ccccc5)cccc4C(C)(C)C)[c-]cc(C)c23)cc(C([2H])([2H])[2H])c1C([2H])([2H])[2H].[Ir]. The van der Waals surface area contributed by atoms with Gasteiger partial charge < -0.3 is 14.0 Å². The van der Waals surface area contributed by atoms with Crippen molar-refractivity contribution in [1.29, 1.82) is 0 Å². The molecule has 3 heterocycles. The number of pyridine rings is 1. The topological polar surface area (TPSA) is 43.9 Å². The van der Waals surface area contributed by atoms with Gasteiger partial charge in [0, 0.05) is 49.6 Å². The third-order valence-corrected chi connectivity index (χ3v) is 13.9. The molecule has 3 aromatic heterocycles. The van der Waals surface area contributed by atoms with Crippen molar-refractivity contribution in [3.05, 3.63) is 191 Å². The van der Waals surface area contributed by atoms with Gasteiger partial charge in [0.1, 0.15) is 11.4 Å². The Kier molecular flexibility index (Phi) is 9.92. The molecule has 4 nitrogen and oxygen atoms in total. The molecule has 0 fully saturated rings. The molecule has 7 aromatic carbocycles. The first-order valence-corrected chi connectivity index (χ1v) is 25.1. The normalized spacial score (nSPS) is 14.3. The van der Waals surface area contributed by atoms with Crippen LogP contribution in [0.5, 0.6) is 0 Å². The Hall–Kier alpha value is -6.24. The number of aromatic nitrogens is 3. The maximum Gasteiger partial charge on any atom is 0.125 e. The molecule has 0 amide bonds. The van der Waals surface area contributed by atoms with Crippen molar-refractivity contribution in [2.45, 2.75) is 73.3 Å². The Labute approximate surface area is 415 Å². The second-order valence-corrected chi connectivity index (χ2v) is 23.6. The second-order valence-electron chi connectivity index (χ2n) is 18.5. The predicted molar refractivity (Wildman–Crippen MR) is 273 cm³/mol. The molecule has 10 aromatic rings. The molecule has 0 spiro atoms. The van der Waals surface area contributed by atoms with Gasteiger partial charge >= 0.3 is 0 Å². The average molecular weight is 1070 g/mol. The summed E-state index contributed by atoms with van der Waals surface area (Å²) < 4.78 is 97.2. The van der Waals surface area contributed by atoms with Crippen LogP contribution in [0.1, 0.15) is 60.9 Å². The van der Waals surface area contributed by atoms with Crippen molar-refractivity contribution in [3.8, 4) is 50.6 Å². The molecule has 0 saturated heterocycles. The molecule has 0 aliphatic carbocycles. The third kappa shape index (κ3) is 8.88. The minimum atomic E-state index is -2.99. The van der Waals surface area contributed by atoms with Gasteiger partial charge in [-0.2, -0.15) is 0 Å². The van der Waals surface area contributed by atoms with E-state index in [0.717, 1.165) is 50.0 Å². The van der Waals surface area contributed by atoms with Crippen LogP contribution in [0.15, 0.2) is 150 Å². The van der Waals surface area contributed by atoms with Crippen molar-refractivity contribution in [2.75, 3.05) is 0 Å². The smallest absolute Gasteiger partial charge is 0.125 e. The van der Waals surface area contributed by atoms with E-state index in [1.165, 1.54) is 29.5 Å². The monoisotopic (exact) mass is 1070 g/mol. The first kappa shape index (κ1) is 35.9. The molecule has 1 radical (unpaired) electrons. The van der Waals surface area contributed by atoms with Crippen LogP contribution in [0.2, 0.25) is 19.6 Å². The fourth-order valence-electron chi connectivity index (χ4n) is 8.37. The van der Waals surface area contributed by atoms with Crippen molar-refractivity contribution in [2.24, 2.45) is 0 Å². The quantitative estimate of drug-likeness (QED) is 0.123. The molecule has 0 atom stereocenters. The number of aryl methyl sites for hydroxylation is 3. The van der Waals surface area contributed by atoms with Gasteiger partial charge in [-0.05, 0) is 100 Å². The number of para-hydroxylation sites is 1. The zero-order valence-corrected chi connectivity index (χ0v) is 41.2. The van der Waals surface area contributed by atoms with Crippen LogP contribution in [0.3, 0.4) is 0 Å². The Morgan fingerprint density at radius 2 is 1.52 bits per heavy atom. The minimum absolute atomic E-state index is 0. The van der Waals surface area contributed by atoms with Crippen LogP contribution in [0, 0.1) is 45.4 Å². The van der Waals surface area contributed by atoms with E-state index in [-0.39, 0.29) is 31.1 Å². The van der Waals surface area contributed by atoms with Gasteiger partial charge in [0.05, 0.1) is 36.2 Å². The molecule has 66 heavy (non-hydrogen) atoms. The average Bonchev–Trinajstić information content (AvgIpc) is 3.92. The third-order valence-electron chi connectivity index (χ3n) is 11.8. The van der Waals surface area contributed by atoms with Crippen molar-refractivity contribution < 1.29 is 41.2 Å². The summed E-state index contributed by atoms with van der Waals surface area (Å²) in [6.45, 7) is 6.51. The van der Waals surface area contributed by atoms with Crippen LogP contribution in [-0.2, 0) is 25.5 Å². The molecule has 333 valence electrons. The number of imidazole rings is 1. The van der Waals surface area contributed by atoms with Crippen LogP contribution in [0.4, 0.5) is 4.39 Å². The zero-order valence-electron chi connectivity index (χ0n) is 46.8. The summed E-state index contributed by atoms with van der Waals surface area (Å²) in [5, 5.41) is 2.90. The molecule has 0 unspecified atom stereocenters. The van der Waals surface area contributed by atoms with Gasteiger partial charge in [-0.25, -0.2) is 4.39 Å². The molecule has 0 aliphatic heterocycles. The Balaban J connectivity index is 0.000000375. The van der Waals surface area contributed by atoms with E-state index in [2.05, 4.69) is 75.7 Å². The van der Waals surface area contributed by atoms with Gasteiger partial charge in [0.15, 0.2) is 0 Å². The first-order chi connectivity index (χ1) is 34.7. The minimum Gasteiger partial charge on any atom is -0.501 e. The predicted octanol–water partition coefficient (Wildman–Crippen LogP) is 15.5. The maximum atomic E-state index is 15.2. The second kappa shape index (κ2) is 18.2. The standard InChI is InChI=1S/C45H38FN2O.C14H16NSi.Ir/c1-26-16-19-36(43-41(26)35-20-17-31(24-40(35)49-43)32-22-27(2)29(4)28(3)23-32)44-47-38-21-18-33(46)25-39(38)48(44)42-34(30-12-9-8-10-13-30)14-11-15-37(42)45(5,6)7;1-16(2,3)13-9-10-14(15-11-13)12-7-5-4-6-8-12;/h8-18,20-25H,1-7H3;4-7,9-11H,1-3H3;/q2*-1;/i2D3,3D3,4D3;;. The van der Waals surface area contributed by atoms with E-state index < -0.39 is 51.1 Å². The van der Waals surface area contributed by atoms with Crippen molar-refractivity contribution in [3.63, 3.8) is 0 Å². The number of hydrogen-bond acceptors (Lipinski definition) is 3. The van der Waals surface area contributed by atoms with Crippen molar-refractivity contribution >= 4 is 46.2 Å². The first-order valence-electron chi connectivity index (χ1n) is 26.1. The summed E-state index contributed by atoms with van der Waals surface area (Å²) in [5.74, 6) is 0.0582. The number of benzene rings is 7. The summed E-state index contributed by atoms with van der Waals surface area (Å²) in [6.07, 6.45) is 2.02. The van der Waals surface area contributed by atoms with Gasteiger partial charge in [-0.3, -0.25) is 4.98 Å². The van der Waals surface area contributed by atoms with E-state index in [0.29, 0.717) is 39.2 Å². The van der Waals surface area contributed by atoms with Crippen LogP contribution in [-0.4, -0.2) is 22.6 Å². The fourth-order valence-corrected chi connectivity index (χ4v) is 9.40. The van der Waals surface area contributed by atoms with Crippen LogP contribution >= 0.6 is 0 Å². The molecule has 0 bridgehead atoms. The molecule has 7 heteroatoms. The van der Waals surface area contributed by atoms with Gasteiger partial charge in [0.25, 0.3) is 0 Å². The number of hydrogen-bond donors (Lipinski definition) is 0. The largest absolute Gasteiger partial charge is 0.501 e. The summed E-state index contributed by atoms with van der Waals surface area (Å²) in [6, 6.07) is 49.1. The number of fused-ring (bicyclic) bond motifs is 4. The van der Waals surface area contributed by atoms with Gasteiger partial charge in [-0.15, -0.1) is 53.6 Å². The van der Waals surface area contributed by atoms with Crippen molar-refractivity contribution in [1.82, 2.24) is 14.5 Å². The Morgan fingerprint density at radius 3 is 2.18 bits per heavy atom. The summed E-state index contributed by atoms with van der Waals surface area (Å²) in [5.41, 5.74) is 7.69. The molecule has 0 saturated carbocycles. The summed E-state index contributed by atoms with van der Waals surface area (Å²) in [4.78, 5) is 9.64. The van der Waals surface area contributed by atoms with E-state index in [1.54, 1.807) is 18.2 Å². The van der Waals surface area contributed by atoms with E-state index in [1.807, 2.05) is 96.6 Å². The van der Waals surface area contributed by atoms with Crippen LogP contribution in [0.25, 0.3) is 83.6 Å². The van der Waals surface area contributed by atoms with Crippen LogP contribution < -0.4 is 5.19 Å². The number of nitrogens with zero attached hydrogens (tertiary/aromatic N) is 3. The maximum absolute atomic E-state index is 15.2. The number of halogens is 1. The fraction of sp³-hybridized carbons (Fsp3) is 0.186. The van der Waals surface area contributed by atoms with Gasteiger partial charge in [0.2, 0.25) is 0 Å². The molecule has 0 aliphatic rings. The molecular formula is C59H54FIrN3OSi-2. The number of rotatable bonds is 6. The number of furan rings is 1. The molecular weight excluding hydrogens is 1010 g/mol. The summed E-state index contributed by atoms with van der Waals surface area (Å²) in [7, 11) is -1.23.